The lowest BCUT2D eigenvalue weighted by molar-refractivity contribution is -0.604. The van der Waals surface area contributed by atoms with Crippen molar-refractivity contribution in [3.8, 4) is 11.3 Å². The smallest absolute Gasteiger partial charge is 0.302 e. The van der Waals surface area contributed by atoms with Crippen LogP contribution < -0.4 is 4.73 Å². The second-order valence-electron chi connectivity index (χ2n) is 5.35. The minimum absolute atomic E-state index is 0.522. The van der Waals surface area contributed by atoms with E-state index in [9.17, 15) is 5.21 Å². The van der Waals surface area contributed by atoms with E-state index in [1.807, 2.05) is 55.5 Å². The average molecular weight is 313 g/mol. The van der Waals surface area contributed by atoms with Gasteiger partial charge in [0.1, 0.15) is 5.69 Å². The Hall–Kier alpha value is -2.13. The molecule has 3 rings (SSSR count). The van der Waals surface area contributed by atoms with Crippen molar-refractivity contribution >= 4 is 22.5 Å². The van der Waals surface area contributed by atoms with Crippen molar-refractivity contribution in [3.05, 3.63) is 65.1 Å². The lowest BCUT2D eigenvalue weighted by atomic mass is 10.0. The predicted octanol–water partition coefficient (Wildman–Crippen LogP) is 4.02. The molecule has 0 aliphatic carbocycles. The molecule has 0 aliphatic heterocycles. The number of nitrogens with zero attached hydrogens (tertiary/aromatic N) is 2. The van der Waals surface area contributed by atoms with Gasteiger partial charge in [-0.1, -0.05) is 42.0 Å². The number of hydrogen-bond acceptors (Lipinski definition) is 2. The number of hydrogen-bond donors (Lipinski definition) is 0. The molecule has 0 radical (unpaired) electrons. The first-order valence-electron chi connectivity index (χ1n) is 7.35. The number of halogens is 1. The molecule has 0 saturated heterocycles. The molecule has 0 bridgehead atoms. The highest BCUT2D eigenvalue weighted by atomic mass is 35.5. The van der Waals surface area contributed by atoms with E-state index < -0.39 is 0 Å². The Morgan fingerprint density at radius 3 is 2.64 bits per heavy atom. The molecular formula is C18H17ClN2O. The van der Waals surface area contributed by atoms with E-state index in [1.165, 1.54) is 0 Å². The highest BCUT2D eigenvalue weighted by molar-refractivity contribution is 6.17. The maximum atomic E-state index is 12.8. The van der Waals surface area contributed by atoms with Crippen molar-refractivity contribution in [2.75, 3.05) is 5.88 Å². The standard InChI is InChI=1S/C18H17ClN2O/c1-13-9-10-16-15(12-13)18(14-6-3-2-4-7-14)21(22)17(20-16)8-5-11-19/h2-4,6-7,9-10,12H,5,8,11H2,1H3. The van der Waals surface area contributed by atoms with Gasteiger partial charge in [0.15, 0.2) is 5.52 Å². The zero-order chi connectivity index (χ0) is 15.5. The van der Waals surface area contributed by atoms with E-state index >= 15 is 0 Å². The summed E-state index contributed by atoms with van der Waals surface area (Å²) in [5.41, 5.74) is 3.53. The molecule has 0 N–H and O–H groups in total. The lowest BCUT2D eigenvalue weighted by Crippen LogP contribution is -2.36. The van der Waals surface area contributed by atoms with Crippen LogP contribution in [0.15, 0.2) is 48.5 Å². The molecule has 112 valence electrons. The Kier molecular flexibility index (Phi) is 4.25. The molecule has 1 heterocycles. The summed E-state index contributed by atoms with van der Waals surface area (Å²) in [4.78, 5) is 4.53. The summed E-state index contributed by atoms with van der Waals surface area (Å²) < 4.78 is 0.962. The van der Waals surface area contributed by atoms with Crippen LogP contribution in [0.5, 0.6) is 0 Å². The van der Waals surface area contributed by atoms with Crippen LogP contribution in [0.2, 0.25) is 0 Å². The number of aromatic nitrogens is 2. The van der Waals surface area contributed by atoms with Gasteiger partial charge in [0.2, 0.25) is 0 Å². The third-order valence-corrected chi connectivity index (χ3v) is 3.94. The Labute approximate surface area is 134 Å². The van der Waals surface area contributed by atoms with Gasteiger partial charge in [0.25, 0.3) is 0 Å². The monoisotopic (exact) mass is 312 g/mol. The summed E-state index contributed by atoms with van der Waals surface area (Å²) in [6.07, 6.45) is 1.32. The summed E-state index contributed by atoms with van der Waals surface area (Å²) in [7, 11) is 0. The number of rotatable bonds is 4. The molecule has 1 aromatic heterocycles. The van der Waals surface area contributed by atoms with Crippen molar-refractivity contribution < 1.29 is 4.73 Å². The van der Waals surface area contributed by atoms with Crippen molar-refractivity contribution in [1.29, 1.82) is 0 Å². The van der Waals surface area contributed by atoms with E-state index in [2.05, 4.69) is 4.98 Å². The Bertz CT molecular complexity index is 803. The van der Waals surface area contributed by atoms with Crippen molar-refractivity contribution in [3.63, 3.8) is 0 Å². The van der Waals surface area contributed by atoms with Crippen LogP contribution in [-0.4, -0.2) is 10.9 Å². The maximum Gasteiger partial charge on any atom is 0.302 e. The van der Waals surface area contributed by atoms with E-state index in [0.29, 0.717) is 23.8 Å². The molecule has 0 unspecified atom stereocenters. The Balaban J connectivity index is 2.30. The van der Waals surface area contributed by atoms with Gasteiger partial charge in [-0.25, -0.2) is 4.73 Å². The zero-order valence-corrected chi connectivity index (χ0v) is 13.2. The summed E-state index contributed by atoms with van der Waals surface area (Å²) in [5, 5.41) is 13.7. The van der Waals surface area contributed by atoms with E-state index in [1.54, 1.807) is 0 Å². The van der Waals surface area contributed by atoms with Crippen LogP contribution >= 0.6 is 11.6 Å². The quantitative estimate of drug-likeness (QED) is 0.415. The number of aryl methyl sites for hydroxylation is 2. The van der Waals surface area contributed by atoms with Gasteiger partial charge in [-0.2, -0.15) is 0 Å². The first-order valence-corrected chi connectivity index (χ1v) is 7.88. The van der Waals surface area contributed by atoms with Gasteiger partial charge < -0.3 is 5.21 Å². The molecule has 0 aliphatic rings. The van der Waals surface area contributed by atoms with Gasteiger partial charge >= 0.3 is 5.82 Å². The molecule has 0 atom stereocenters. The molecule has 0 saturated carbocycles. The van der Waals surface area contributed by atoms with Crippen LogP contribution in [0.25, 0.3) is 22.2 Å². The molecule has 0 amide bonds. The fourth-order valence-electron chi connectivity index (χ4n) is 2.61. The molecule has 0 spiro atoms. The van der Waals surface area contributed by atoms with Crippen LogP contribution in [0.3, 0.4) is 0 Å². The molecule has 3 nitrogen and oxygen atoms in total. The third-order valence-electron chi connectivity index (χ3n) is 3.68. The van der Waals surface area contributed by atoms with Crippen molar-refractivity contribution in [2.45, 2.75) is 19.8 Å². The highest BCUT2D eigenvalue weighted by Crippen LogP contribution is 2.25. The van der Waals surface area contributed by atoms with Gasteiger partial charge in [0, 0.05) is 11.4 Å². The largest absolute Gasteiger partial charge is 0.710 e. The first-order chi connectivity index (χ1) is 10.7. The zero-order valence-electron chi connectivity index (χ0n) is 12.4. The normalized spacial score (nSPS) is 11.0. The molecule has 4 heteroatoms. The minimum Gasteiger partial charge on any atom is -0.710 e. The van der Waals surface area contributed by atoms with Crippen LogP contribution in [0, 0.1) is 12.1 Å². The summed E-state index contributed by atoms with van der Waals surface area (Å²) in [6, 6.07) is 15.7. The third kappa shape index (κ3) is 2.77. The van der Waals surface area contributed by atoms with Crippen molar-refractivity contribution in [1.82, 2.24) is 4.98 Å². The van der Waals surface area contributed by atoms with Crippen LogP contribution in [-0.2, 0) is 6.42 Å². The van der Waals surface area contributed by atoms with Crippen LogP contribution in [0.4, 0.5) is 0 Å². The molecule has 22 heavy (non-hydrogen) atoms. The highest BCUT2D eigenvalue weighted by Gasteiger charge is 2.19. The fraction of sp³-hybridized carbons (Fsp3) is 0.222. The first kappa shape index (κ1) is 14.8. The van der Waals surface area contributed by atoms with Crippen molar-refractivity contribution in [2.24, 2.45) is 0 Å². The summed E-state index contributed by atoms with van der Waals surface area (Å²) in [5.74, 6) is 1.05. The van der Waals surface area contributed by atoms with E-state index in [4.69, 9.17) is 11.6 Å². The molecule has 0 fully saturated rings. The lowest BCUT2D eigenvalue weighted by Gasteiger charge is -2.14. The minimum atomic E-state index is 0.522. The topological polar surface area (TPSA) is 39.8 Å². The Morgan fingerprint density at radius 2 is 1.91 bits per heavy atom. The van der Waals surface area contributed by atoms with Gasteiger partial charge in [-0.3, -0.25) is 0 Å². The second-order valence-corrected chi connectivity index (χ2v) is 5.73. The summed E-state index contributed by atoms with van der Waals surface area (Å²) >= 11 is 5.76. The molecule has 2 aromatic carbocycles. The summed E-state index contributed by atoms with van der Waals surface area (Å²) in [6.45, 7) is 2.02. The number of alkyl halides is 1. The van der Waals surface area contributed by atoms with Gasteiger partial charge in [-0.05, 0) is 30.5 Å². The van der Waals surface area contributed by atoms with Gasteiger partial charge in [-0.15, -0.1) is 11.6 Å². The van der Waals surface area contributed by atoms with Crippen LogP contribution in [0.1, 0.15) is 17.8 Å². The van der Waals surface area contributed by atoms with Gasteiger partial charge in [0.05, 0.1) is 11.8 Å². The average Bonchev–Trinajstić information content (AvgIpc) is 2.54. The van der Waals surface area contributed by atoms with E-state index in [0.717, 1.165) is 33.2 Å². The Morgan fingerprint density at radius 1 is 1.14 bits per heavy atom. The maximum absolute atomic E-state index is 12.8. The molecule has 3 aromatic rings. The SMILES string of the molecule is Cc1ccc2nc(CCCCl)[n+]([O-])c(-c3ccccc3)c2c1. The number of fused-ring (bicyclic) bond motifs is 1. The van der Waals surface area contributed by atoms with E-state index in [-0.39, 0.29) is 0 Å². The predicted molar refractivity (Wildman–Crippen MR) is 89.9 cm³/mol. The number of benzene rings is 2. The second kappa shape index (κ2) is 6.32. The fourth-order valence-corrected chi connectivity index (χ4v) is 2.74. The molecular weight excluding hydrogens is 296 g/mol.